The van der Waals surface area contributed by atoms with Crippen LogP contribution < -0.4 is 27.2 Å². The average molecular weight is 1060 g/mol. The van der Waals surface area contributed by atoms with Crippen molar-refractivity contribution >= 4 is 101 Å². The van der Waals surface area contributed by atoms with E-state index in [1.165, 1.54) is 41.5 Å². The van der Waals surface area contributed by atoms with Gasteiger partial charge < -0.3 is 20.7 Å². The van der Waals surface area contributed by atoms with E-state index in [4.69, 9.17) is 21.6 Å². The number of thiazole rings is 2. The number of hydrogen-bond acceptors (Lipinski definition) is 16. The van der Waals surface area contributed by atoms with Crippen LogP contribution in [-0.2, 0) is 0 Å². The predicted molar refractivity (Wildman–Crippen MR) is 305 cm³/mol. The molecule has 0 radical (unpaired) electrons. The van der Waals surface area contributed by atoms with Crippen molar-refractivity contribution < 1.29 is 10.0 Å². The molecule has 12 rings (SSSR count). The van der Waals surface area contributed by atoms with Crippen LogP contribution in [0.5, 0.6) is 0 Å². The van der Waals surface area contributed by atoms with Crippen molar-refractivity contribution in [3.63, 3.8) is 0 Å². The largest absolute Gasteiger partial charge is 0.490 e. The Kier molecular flexibility index (Phi) is 15.1. The zero-order valence-electron chi connectivity index (χ0n) is 41.3. The van der Waals surface area contributed by atoms with Crippen molar-refractivity contribution in [1.82, 2.24) is 49.0 Å². The number of aromatic nitrogens is 10. The van der Waals surface area contributed by atoms with Crippen molar-refractivity contribution in [3.05, 3.63) is 218 Å². The standard InChI is InChI=1S/C28H22N6OS.C22H16ClN5OS.C6H8BNO2/c1-17-11-12-20(14-29-17)22-10-6-7-19-13-23(34(28(35)24(19)22)21-8-4-3-5-9-21)18(2)33-26-25-27(31-15-30-26)36-16-32-25;1-13(27-20-19-21(25-11-24-20)30-12-26-19)17-10-14-6-5-9-16(23)18(14)22(29)28(17)15-7-3-2-4-8-15;1-5-2-3-6(4-8-5)7(9)10/h3-16,18H,1-2H3,(H,30,31,33);2-13H,1H3,(H,24,25,27);2-4,9-10H,1H3/t18-;13-;/m00./s1. The zero-order chi connectivity index (χ0) is 52.9. The van der Waals surface area contributed by atoms with Crippen LogP contribution in [-0.4, -0.2) is 66.2 Å². The Morgan fingerprint density at radius 1 is 0.553 bits per heavy atom. The fourth-order valence-electron chi connectivity index (χ4n) is 8.70. The van der Waals surface area contributed by atoms with E-state index in [2.05, 4.69) is 56.6 Å². The van der Waals surface area contributed by atoms with Crippen LogP contribution in [0.4, 0.5) is 11.6 Å². The molecule has 2 atom stereocenters. The smallest absolute Gasteiger partial charge is 0.423 e. The highest BCUT2D eigenvalue weighted by molar-refractivity contribution is 7.16. The number of rotatable bonds is 10. The molecule has 16 nitrogen and oxygen atoms in total. The molecule has 376 valence electrons. The number of hydrogen-bond donors (Lipinski definition) is 4. The summed E-state index contributed by atoms with van der Waals surface area (Å²) in [5.41, 5.74) is 11.9. The number of nitrogens with one attached hydrogen (secondary N) is 2. The number of pyridine rings is 4. The molecule has 20 heteroatoms. The fourth-order valence-corrected chi connectivity index (χ4v) is 10.2. The summed E-state index contributed by atoms with van der Waals surface area (Å²) in [6, 6.07) is 41.6. The number of para-hydroxylation sites is 2. The monoisotopic (exact) mass is 1060 g/mol. The van der Waals surface area contributed by atoms with Crippen LogP contribution in [0.25, 0.3) is 64.7 Å². The van der Waals surface area contributed by atoms with Gasteiger partial charge in [-0.2, -0.15) is 0 Å². The van der Waals surface area contributed by atoms with Crippen LogP contribution in [0.15, 0.2) is 179 Å². The van der Waals surface area contributed by atoms with E-state index in [0.29, 0.717) is 38.4 Å². The third-order valence-corrected chi connectivity index (χ3v) is 14.2. The number of benzene rings is 4. The van der Waals surface area contributed by atoms with Gasteiger partial charge in [-0.25, -0.2) is 29.9 Å². The van der Waals surface area contributed by atoms with Crippen LogP contribution in [0, 0.1) is 13.8 Å². The second-order valence-corrected chi connectivity index (χ2v) is 19.6. The first-order valence-corrected chi connectivity index (χ1v) is 26.0. The van der Waals surface area contributed by atoms with Gasteiger partial charge in [0.15, 0.2) is 11.6 Å². The lowest BCUT2D eigenvalue weighted by atomic mass is 9.82. The molecule has 8 aromatic heterocycles. The first kappa shape index (κ1) is 50.9. The summed E-state index contributed by atoms with van der Waals surface area (Å²) in [5, 5.41) is 27.4. The van der Waals surface area contributed by atoms with Crippen molar-refractivity contribution in [2.24, 2.45) is 0 Å². The Bertz CT molecular complexity index is 4130. The normalized spacial score (nSPS) is 11.9. The van der Waals surface area contributed by atoms with Gasteiger partial charge in [0.1, 0.15) is 33.3 Å². The highest BCUT2D eigenvalue weighted by Crippen LogP contribution is 2.32. The van der Waals surface area contributed by atoms with E-state index in [1.807, 2.05) is 143 Å². The van der Waals surface area contributed by atoms with Crippen LogP contribution >= 0.6 is 34.3 Å². The first-order valence-electron chi connectivity index (χ1n) is 23.9. The number of halogens is 1. The Balaban J connectivity index is 0.000000148. The summed E-state index contributed by atoms with van der Waals surface area (Å²) in [4.78, 5) is 63.8. The lowest BCUT2D eigenvalue weighted by Crippen LogP contribution is -2.29. The lowest BCUT2D eigenvalue weighted by Gasteiger charge is -2.22. The van der Waals surface area contributed by atoms with Gasteiger partial charge in [0.25, 0.3) is 11.1 Å². The molecule has 12 aromatic rings. The number of anilines is 2. The molecule has 0 aliphatic heterocycles. The van der Waals surface area contributed by atoms with Gasteiger partial charge >= 0.3 is 7.12 Å². The summed E-state index contributed by atoms with van der Waals surface area (Å²) in [7, 11) is -1.41. The maximum absolute atomic E-state index is 14.2. The summed E-state index contributed by atoms with van der Waals surface area (Å²) in [6.07, 6.45) is 6.31. The zero-order valence-corrected chi connectivity index (χ0v) is 43.7. The molecule has 76 heavy (non-hydrogen) atoms. The van der Waals surface area contributed by atoms with Gasteiger partial charge in [0.2, 0.25) is 0 Å². The van der Waals surface area contributed by atoms with Crippen molar-refractivity contribution in [2.75, 3.05) is 10.6 Å². The molecule has 0 bridgehead atoms. The Morgan fingerprint density at radius 2 is 1.05 bits per heavy atom. The van der Waals surface area contributed by atoms with Gasteiger partial charge in [-0.15, -0.1) is 22.7 Å². The third kappa shape index (κ3) is 10.7. The van der Waals surface area contributed by atoms with E-state index in [9.17, 15) is 9.59 Å². The van der Waals surface area contributed by atoms with Crippen molar-refractivity contribution in [1.29, 1.82) is 0 Å². The van der Waals surface area contributed by atoms with Gasteiger partial charge in [0, 0.05) is 57.6 Å². The molecule has 0 saturated heterocycles. The van der Waals surface area contributed by atoms with E-state index in [1.54, 1.807) is 38.4 Å². The van der Waals surface area contributed by atoms with E-state index < -0.39 is 7.12 Å². The summed E-state index contributed by atoms with van der Waals surface area (Å²) < 4.78 is 3.48. The quantitative estimate of drug-likeness (QED) is 0.0939. The summed E-state index contributed by atoms with van der Waals surface area (Å²) >= 11 is 9.31. The molecule has 0 saturated carbocycles. The second-order valence-electron chi connectivity index (χ2n) is 17.5. The molecular weight excluding hydrogens is 1020 g/mol. The molecule has 4 aromatic carbocycles. The maximum Gasteiger partial charge on any atom is 0.490 e. The Morgan fingerprint density at radius 3 is 1.55 bits per heavy atom. The molecule has 0 aliphatic rings. The first-order chi connectivity index (χ1) is 36.9. The fraction of sp³-hybridized carbons (Fsp3) is 0.107. The third-order valence-electron chi connectivity index (χ3n) is 12.4. The van der Waals surface area contributed by atoms with Gasteiger partial charge in [0.05, 0.1) is 38.9 Å². The van der Waals surface area contributed by atoms with Gasteiger partial charge in [-0.1, -0.05) is 90.5 Å². The van der Waals surface area contributed by atoms with Crippen molar-refractivity contribution in [2.45, 2.75) is 39.8 Å². The van der Waals surface area contributed by atoms with Crippen LogP contribution in [0.1, 0.15) is 48.7 Å². The summed E-state index contributed by atoms with van der Waals surface area (Å²) in [6.45, 7) is 7.81. The molecular formula is C56H46BClN12O4S2. The van der Waals surface area contributed by atoms with E-state index in [0.717, 1.165) is 71.2 Å². The molecule has 4 N–H and O–H groups in total. The van der Waals surface area contributed by atoms with E-state index in [-0.39, 0.29) is 23.2 Å². The molecule has 0 aliphatic carbocycles. The highest BCUT2D eigenvalue weighted by atomic mass is 35.5. The van der Waals surface area contributed by atoms with Crippen LogP contribution in [0.2, 0.25) is 5.02 Å². The Hall–Kier alpha value is -8.59. The van der Waals surface area contributed by atoms with Gasteiger partial charge in [-0.05, 0) is 98.6 Å². The second kappa shape index (κ2) is 22.5. The molecule has 0 fully saturated rings. The molecule has 0 spiro atoms. The molecule has 8 heterocycles. The number of nitrogens with zero attached hydrogens (tertiary/aromatic N) is 10. The maximum atomic E-state index is 14.2. The minimum atomic E-state index is -1.41. The predicted octanol–water partition coefficient (Wildman–Crippen LogP) is 10.2. The minimum absolute atomic E-state index is 0.0833. The van der Waals surface area contributed by atoms with Crippen LogP contribution in [0.3, 0.4) is 0 Å². The average Bonchev–Trinajstić information content (AvgIpc) is 4.16. The number of fused-ring (bicyclic) bond motifs is 4. The minimum Gasteiger partial charge on any atom is -0.423 e. The number of aryl methyl sites for hydroxylation is 2. The lowest BCUT2D eigenvalue weighted by molar-refractivity contribution is 0.425. The molecule has 0 amide bonds. The SMILES string of the molecule is C[C@H](Nc1ncnc2scnc12)c1cc2cccc(Cl)c2c(=O)n1-c1ccccc1.Cc1ccc(-c2cccc3cc([C@H](C)Nc4ncnc5scnc45)n(-c4ccccc4)c(=O)c23)cn1.Cc1ccc(B(O)O)cn1. The highest BCUT2D eigenvalue weighted by Gasteiger charge is 2.22. The summed E-state index contributed by atoms with van der Waals surface area (Å²) in [5.74, 6) is 1.27. The van der Waals surface area contributed by atoms with E-state index >= 15 is 0 Å². The van der Waals surface area contributed by atoms with Crippen molar-refractivity contribution in [3.8, 4) is 22.5 Å². The topological polar surface area (TPSA) is 212 Å². The van der Waals surface area contributed by atoms with Gasteiger partial charge in [-0.3, -0.25) is 28.7 Å². The molecule has 0 unspecified atom stereocenters. The Labute approximate surface area is 448 Å².